The lowest BCUT2D eigenvalue weighted by Crippen LogP contribution is -2.43. The van der Waals surface area contributed by atoms with Gasteiger partial charge >= 0.3 is 0 Å². The number of rotatable bonds is 1. The third-order valence-corrected chi connectivity index (χ3v) is 4.58. The molecule has 1 saturated heterocycles. The van der Waals surface area contributed by atoms with Crippen LogP contribution < -0.4 is 5.32 Å². The zero-order valence-electron chi connectivity index (χ0n) is 11.9. The molecule has 3 heteroatoms. The Hall–Kier alpha value is -1.35. The van der Waals surface area contributed by atoms with Crippen molar-refractivity contribution < 1.29 is 9.53 Å². The molecule has 1 spiro atoms. The van der Waals surface area contributed by atoms with Crippen LogP contribution in [0.1, 0.15) is 42.9 Å². The Morgan fingerprint density at radius 2 is 2.21 bits per heavy atom. The molecule has 1 N–H and O–H groups in total. The second-order valence-electron chi connectivity index (χ2n) is 5.90. The highest BCUT2D eigenvalue weighted by Crippen LogP contribution is 2.47. The molecule has 0 saturated carbocycles. The van der Waals surface area contributed by atoms with Crippen LogP contribution in [0.2, 0.25) is 0 Å². The van der Waals surface area contributed by atoms with E-state index in [1.165, 1.54) is 16.7 Å². The highest BCUT2D eigenvalue weighted by molar-refractivity contribution is 6.07. The van der Waals surface area contributed by atoms with E-state index in [0.717, 1.165) is 24.9 Å². The van der Waals surface area contributed by atoms with Crippen molar-refractivity contribution >= 4 is 11.6 Å². The predicted molar refractivity (Wildman–Crippen MR) is 75.5 cm³/mol. The van der Waals surface area contributed by atoms with Crippen molar-refractivity contribution in [3.63, 3.8) is 0 Å². The Balaban J connectivity index is 2.11. The molecule has 2 atom stereocenters. The smallest absolute Gasteiger partial charge is 0.235 e. The molecule has 1 fully saturated rings. The maximum Gasteiger partial charge on any atom is 0.235 e. The van der Waals surface area contributed by atoms with Gasteiger partial charge in [0.05, 0.1) is 11.5 Å². The van der Waals surface area contributed by atoms with E-state index < -0.39 is 0 Å². The van der Waals surface area contributed by atoms with Gasteiger partial charge in [-0.25, -0.2) is 0 Å². The molecule has 102 valence electrons. The van der Waals surface area contributed by atoms with Gasteiger partial charge in [-0.3, -0.25) is 4.79 Å². The van der Waals surface area contributed by atoms with Crippen molar-refractivity contribution in [1.29, 1.82) is 0 Å². The number of fused-ring (bicyclic) bond motifs is 2. The third-order valence-electron chi connectivity index (χ3n) is 4.58. The van der Waals surface area contributed by atoms with Gasteiger partial charge in [-0.1, -0.05) is 24.6 Å². The van der Waals surface area contributed by atoms with E-state index >= 15 is 0 Å². The Morgan fingerprint density at radius 3 is 2.95 bits per heavy atom. The summed E-state index contributed by atoms with van der Waals surface area (Å²) in [6.07, 6.45) is 2.78. The summed E-state index contributed by atoms with van der Waals surface area (Å²) in [5.74, 6) is 0.165. The number of benzene rings is 1. The van der Waals surface area contributed by atoms with Crippen LogP contribution in [0.25, 0.3) is 0 Å². The summed E-state index contributed by atoms with van der Waals surface area (Å²) >= 11 is 0. The second kappa shape index (κ2) is 4.34. The van der Waals surface area contributed by atoms with Crippen LogP contribution in [0.3, 0.4) is 0 Å². The molecule has 1 aromatic rings. The van der Waals surface area contributed by atoms with Crippen molar-refractivity contribution in [1.82, 2.24) is 0 Å². The monoisotopic (exact) mass is 259 g/mol. The number of anilines is 1. The molecule has 2 heterocycles. The summed E-state index contributed by atoms with van der Waals surface area (Å²) in [5, 5.41) is 3.10. The number of hydrogen-bond acceptors (Lipinski definition) is 2. The van der Waals surface area contributed by atoms with Gasteiger partial charge in [-0.2, -0.15) is 0 Å². The number of nitrogens with one attached hydrogen (secondary N) is 1. The molecule has 0 aromatic heterocycles. The first-order chi connectivity index (χ1) is 9.06. The topological polar surface area (TPSA) is 38.3 Å². The molecule has 3 nitrogen and oxygen atoms in total. The minimum atomic E-state index is -0.356. The minimum absolute atomic E-state index is 0.165. The highest BCUT2D eigenvalue weighted by atomic mass is 16.5. The first-order valence-corrected chi connectivity index (χ1v) is 7.11. The van der Waals surface area contributed by atoms with E-state index in [9.17, 15) is 4.79 Å². The van der Waals surface area contributed by atoms with Gasteiger partial charge in [0.15, 0.2) is 0 Å². The average Bonchev–Trinajstić information content (AvgIpc) is 2.65. The van der Waals surface area contributed by atoms with Crippen LogP contribution in [0, 0.1) is 13.8 Å². The van der Waals surface area contributed by atoms with E-state index in [4.69, 9.17) is 4.74 Å². The number of hydrogen-bond donors (Lipinski definition) is 1. The standard InChI is InChI=1S/C16H21NO2/c1-4-12-9-16(5-6-19-12)13-8-10(2)7-11(3)14(13)17-15(16)18/h7-8,12H,4-6,9H2,1-3H3,(H,17,18). The van der Waals surface area contributed by atoms with Crippen LogP contribution in [-0.4, -0.2) is 18.6 Å². The van der Waals surface area contributed by atoms with Gasteiger partial charge in [0.25, 0.3) is 0 Å². The molecule has 19 heavy (non-hydrogen) atoms. The van der Waals surface area contributed by atoms with Crippen molar-refractivity contribution in [2.24, 2.45) is 0 Å². The zero-order valence-corrected chi connectivity index (χ0v) is 11.9. The summed E-state index contributed by atoms with van der Waals surface area (Å²) in [5.41, 5.74) is 4.26. The van der Waals surface area contributed by atoms with Gasteiger partial charge in [0, 0.05) is 12.3 Å². The minimum Gasteiger partial charge on any atom is -0.378 e. The summed E-state index contributed by atoms with van der Waals surface area (Å²) in [7, 11) is 0. The van der Waals surface area contributed by atoms with Crippen LogP contribution in [0.5, 0.6) is 0 Å². The number of carbonyl (C=O) groups is 1. The first-order valence-electron chi connectivity index (χ1n) is 7.11. The number of amides is 1. The fourth-order valence-corrected chi connectivity index (χ4v) is 3.53. The molecule has 2 aliphatic heterocycles. The Bertz CT molecular complexity index is 538. The molecular weight excluding hydrogens is 238 g/mol. The molecule has 1 amide bonds. The van der Waals surface area contributed by atoms with Gasteiger partial charge in [0.1, 0.15) is 0 Å². The van der Waals surface area contributed by atoms with E-state index in [-0.39, 0.29) is 17.4 Å². The van der Waals surface area contributed by atoms with Crippen LogP contribution >= 0.6 is 0 Å². The third kappa shape index (κ3) is 1.79. The Labute approximate surface area is 114 Å². The van der Waals surface area contributed by atoms with Crippen LogP contribution in [0.15, 0.2) is 12.1 Å². The number of carbonyl (C=O) groups excluding carboxylic acids is 1. The normalized spacial score (nSPS) is 29.4. The maximum atomic E-state index is 12.6. The highest BCUT2D eigenvalue weighted by Gasteiger charge is 2.50. The number of aryl methyl sites for hydroxylation is 2. The lowest BCUT2D eigenvalue weighted by atomic mass is 9.72. The van der Waals surface area contributed by atoms with E-state index in [2.05, 4.69) is 38.2 Å². The van der Waals surface area contributed by atoms with Gasteiger partial charge < -0.3 is 10.1 Å². The van der Waals surface area contributed by atoms with Crippen molar-refractivity contribution in [2.45, 2.75) is 51.6 Å². The number of ether oxygens (including phenoxy) is 1. The maximum absolute atomic E-state index is 12.6. The van der Waals surface area contributed by atoms with Crippen molar-refractivity contribution in [2.75, 3.05) is 11.9 Å². The van der Waals surface area contributed by atoms with Crippen LogP contribution in [0.4, 0.5) is 5.69 Å². The van der Waals surface area contributed by atoms with E-state index in [0.29, 0.717) is 6.61 Å². The molecular formula is C16H21NO2. The summed E-state index contributed by atoms with van der Waals surface area (Å²) in [6, 6.07) is 4.31. The second-order valence-corrected chi connectivity index (χ2v) is 5.90. The van der Waals surface area contributed by atoms with E-state index in [1.54, 1.807) is 0 Å². The van der Waals surface area contributed by atoms with Gasteiger partial charge in [-0.15, -0.1) is 0 Å². The molecule has 0 bridgehead atoms. The molecule has 1 aromatic carbocycles. The molecule has 2 unspecified atom stereocenters. The summed E-state index contributed by atoms with van der Waals surface area (Å²) in [4.78, 5) is 12.6. The SMILES string of the molecule is CCC1CC2(CCO1)C(=O)Nc1c(C)cc(C)cc12. The summed E-state index contributed by atoms with van der Waals surface area (Å²) in [6.45, 7) is 6.97. The molecule has 2 aliphatic rings. The molecule has 0 radical (unpaired) electrons. The van der Waals surface area contributed by atoms with Gasteiger partial charge in [-0.05, 0) is 44.2 Å². The lowest BCUT2D eigenvalue weighted by molar-refractivity contribution is -0.126. The van der Waals surface area contributed by atoms with Crippen molar-refractivity contribution in [3.8, 4) is 0 Å². The molecule has 3 rings (SSSR count). The van der Waals surface area contributed by atoms with Crippen LogP contribution in [-0.2, 0) is 14.9 Å². The fourth-order valence-electron chi connectivity index (χ4n) is 3.53. The molecule has 0 aliphatic carbocycles. The van der Waals surface area contributed by atoms with E-state index in [1.807, 2.05) is 0 Å². The summed E-state index contributed by atoms with van der Waals surface area (Å²) < 4.78 is 5.76. The first kappa shape index (κ1) is 12.7. The predicted octanol–water partition coefficient (Wildman–Crippen LogP) is 3.08. The zero-order chi connectivity index (χ0) is 13.6. The average molecular weight is 259 g/mol. The lowest BCUT2D eigenvalue weighted by Gasteiger charge is -2.36. The largest absolute Gasteiger partial charge is 0.378 e. The Morgan fingerprint density at radius 1 is 1.42 bits per heavy atom. The van der Waals surface area contributed by atoms with Gasteiger partial charge in [0.2, 0.25) is 5.91 Å². The fraction of sp³-hybridized carbons (Fsp3) is 0.562. The quantitative estimate of drug-likeness (QED) is 0.841. The Kier molecular flexibility index (Phi) is 2.90. The van der Waals surface area contributed by atoms with Crippen molar-refractivity contribution in [3.05, 3.63) is 28.8 Å².